The molecule has 0 unspecified atom stereocenters. The molecule has 0 aliphatic heterocycles. The zero-order chi connectivity index (χ0) is 15.8. The summed E-state index contributed by atoms with van der Waals surface area (Å²) >= 11 is 0. The average Bonchev–Trinajstić information content (AvgIpc) is 2.46. The maximum atomic E-state index is 11.8. The zero-order valence-corrected chi connectivity index (χ0v) is 12.7. The number of rotatable bonds is 7. The maximum Gasteiger partial charge on any atom is 0.226 e. The standard InChI is InChI=1S/C15H23N3O3/c1-10(2)15(20)18-12-7-6-11(21-3)9-13(12)17-14(19)5-4-8-16/h6-7,9-10H,4-5,8,16H2,1-3H3,(H,17,19)(H,18,20). The summed E-state index contributed by atoms with van der Waals surface area (Å²) in [6, 6.07) is 5.11. The van der Waals surface area contributed by atoms with Crippen LogP contribution in [0.25, 0.3) is 0 Å². The van der Waals surface area contributed by atoms with E-state index in [9.17, 15) is 9.59 Å². The van der Waals surface area contributed by atoms with Crippen molar-refractivity contribution in [3.63, 3.8) is 0 Å². The van der Waals surface area contributed by atoms with Gasteiger partial charge in [0.05, 0.1) is 18.5 Å². The second kappa shape index (κ2) is 8.26. The molecule has 1 aromatic rings. The Morgan fingerprint density at radius 1 is 1.24 bits per heavy atom. The molecule has 0 saturated heterocycles. The van der Waals surface area contributed by atoms with E-state index in [1.807, 2.05) is 0 Å². The van der Waals surface area contributed by atoms with Crippen LogP contribution < -0.4 is 21.1 Å². The molecule has 0 heterocycles. The summed E-state index contributed by atoms with van der Waals surface area (Å²) in [5.41, 5.74) is 6.46. The Labute approximate surface area is 125 Å². The highest BCUT2D eigenvalue weighted by molar-refractivity contribution is 6.00. The van der Waals surface area contributed by atoms with Crippen molar-refractivity contribution >= 4 is 23.2 Å². The summed E-state index contributed by atoms with van der Waals surface area (Å²) in [6.07, 6.45) is 0.953. The highest BCUT2D eigenvalue weighted by Crippen LogP contribution is 2.27. The van der Waals surface area contributed by atoms with Crippen LogP contribution in [0.5, 0.6) is 5.75 Å². The Balaban J connectivity index is 2.91. The first kappa shape index (κ1) is 17.0. The minimum atomic E-state index is -0.145. The highest BCUT2D eigenvalue weighted by Gasteiger charge is 2.13. The van der Waals surface area contributed by atoms with Gasteiger partial charge in [0, 0.05) is 18.4 Å². The minimum Gasteiger partial charge on any atom is -0.497 e. The van der Waals surface area contributed by atoms with Crippen LogP contribution in [-0.2, 0) is 9.59 Å². The number of ether oxygens (including phenoxy) is 1. The lowest BCUT2D eigenvalue weighted by Crippen LogP contribution is -2.20. The number of carbonyl (C=O) groups excluding carboxylic acids is 2. The molecule has 0 spiro atoms. The van der Waals surface area contributed by atoms with Crippen molar-refractivity contribution in [2.24, 2.45) is 11.7 Å². The third kappa shape index (κ3) is 5.43. The summed E-state index contributed by atoms with van der Waals surface area (Å²) < 4.78 is 5.14. The van der Waals surface area contributed by atoms with Crippen molar-refractivity contribution in [3.05, 3.63) is 18.2 Å². The van der Waals surface area contributed by atoms with Gasteiger partial charge in [0.25, 0.3) is 0 Å². The molecule has 21 heavy (non-hydrogen) atoms. The SMILES string of the molecule is COc1ccc(NC(=O)C(C)C)c(NC(=O)CCCN)c1. The van der Waals surface area contributed by atoms with E-state index in [2.05, 4.69) is 10.6 Å². The Morgan fingerprint density at radius 3 is 2.52 bits per heavy atom. The molecule has 0 aromatic heterocycles. The van der Waals surface area contributed by atoms with Crippen LogP contribution in [0, 0.1) is 5.92 Å². The van der Waals surface area contributed by atoms with E-state index in [-0.39, 0.29) is 17.7 Å². The Bertz CT molecular complexity index is 501. The van der Waals surface area contributed by atoms with Gasteiger partial charge in [-0.2, -0.15) is 0 Å². The van der Waals surface area contributed by atoms with Crippen LogP contribution >= 0.6 is 0 Å². The molecule has 0 bridgehead atoms. The number of anilines is 2. The zero-order valence-electron chi connectivity index (χ0n) is 12.7. The van der Waals surface area contributed by atoms with E-state index in [1.54, 1.807) is 39.2 Å². The monoisotopic (exact) mass is 293 g/mol. The first-order valence-electron chi connectivity index (χ1n) is 6.96. The number of nitrogens with two attached hydrogens (primary N) is 1. The number of benzene rings is 1. The van der Waals surface area contributed by atoms with Gasteiger partial charge in [-0.1, -0.05) is 13.8 Å². The molecule has 0 fully saturated rings. The summed E-state index contributed by atoms with van der Waals surface area (Å²) in [5, 5.41) is 5.56. The van der Waals surface area contributed by atoms with E-state index in [0.29, 0.717) is 36.5 Å². The molecule has 2 amide bonds. The van der Waals surface area contributed by atoms with E-state index in [0.717, 1.165) is 0 Å². The van der Waals surface area contributed by atoms with Crippen LogP contribution in [0.2, 0.25) is 0 Å². The van der Waals surface area contributed by atoms with Crippen LogP contribution in [0.4, 0.5) is 11.4 Å². The van der Waals surface area contributed by atoms with E-state index in [4.69, 9.17) is 10.5 Å². The fraction of sp³-hybridized carbons (Fsp3) is 0.467. The lowest BCUT2D eigenvalue weighted by atomic mass is 10.2. The molecule has 6 heteroatoms. The fourth-order valence-electron chi connectivity index (χ4n) is 1.62. The largest absolute Gasteiger partial charge is 0.497 e. The van der Waals surface area contributed by atoms with Gasteiger partial charge in [0.1, 0.15) is 5.75 Å². The second-order valence-corrected chi connectivity index (χ2v) is 5.00. The van der Waals surface area contributed by atoms with Gasteiger partial charge in [0.2, 0.25) is 11.8 Å². The Hall–Kier alpha value is -2.08. The normalized spacial score (nSPS) is 10.3. The van der Waals surface area contributed by atoms with E-state index >= 15 is 0 Å². The highest BCUT2D eigenvalue weighted by atomic mass is 16.5. The maximum absolute atomic E-state index is 11.8. The molecule has 0 atom stereocenters. The average molecular weight is 293 g/mol. The second-order valence-electron chi connectivity index (χ2n) is 5.00. The summed E-state index contributed by atoms with van der Waals surface area (Å²) in [4.78, 5) is 23.6. The fourth-order valence-corrected chi connectivity index (χ4v) is 1.62. The van der Waals surface area contributed by atoms with E-state index < -0.39 is 0 Å². The van der Waals surface area contributed by atoms with Crippen molar-refractivity contribution in [1.82, 2.24) is 0 Å². The first-order valence-corrected chi connectivity index (χ1v) is 6.96. The van der Waals surface area contributed by atoms with Gasteiger partial charge in [-0.25, -0.2) is 0 Å². The third-order valence-electron chi connectivity index (χ3n) is 2.89. The summed E-state index contributed by atoms with van der Waals surface area (Å²) in [5.74, 6) is 0.200. The van der Waals surface area contributed by atoms with Gasteiger partial charge in [-0.3, -0.25) is 9.59 Å². The molecular formula is C15H23N3O3. The molecular weight excluding hydrogens is 270 g/mol. The predicted molar refractivity (Wildman–Crippen MR) is 83.4 cm³/mol. The molecule has 0 saturated carbocycles. The lowest BCUT2D eigenvalue weighted by molar-refractivity contribution is -0.119. The van der Waals surface area contributed by atoms with Crippen molar-refractivity contribution in [2.45, 2.75) is 26.7 Å². The molecule has 0 aliphatic carbocycles. The smallest absolute Gasteiger partial charge is 0.226 e. The number of amides is 2. The number of hydrogen-bond acceptors (Lipinski definition) is 4. The molecule has 1 rings (SSSR count). The lowest BCUT2D eigenvalue weighted by Gasteiger charge is -2.15. The molecule has 6 nitrogen and oxygen atoms in total. The van der Waals surface area contributed by atoms with Crippen LogP contribution in [0.1, 0.15) is 26.7 Å². The van der Waals surface area contributed by atoms with Crippen molar-refractivity contribution in [2.75, 3.05) is 24.3 Å². The number of carbonyl (C=O) groups is 2. The molecule has 0 aliphatic rings. The van der Waals surface area contributed by atoms with Gasteiger partial charge < -0.3 is 21.1 Å². The van der Waals surface area contributed by atoms with Crippen molar-refractivity contribution in [1.29, 1.82) is 0 Å². The van der Waals surface area contributed by atoms with E-state index in [1.165, 1.54) is 0 Å². The summed E-state index contributed by atoms with van der Waals surface area (Å²) in [7, 11) is 1.54. The van der Waals surface area contributed by atoms with Crippen molar-refractivity contribution < 1.29 is 14.3 Å². The minimum absolute atomic E-state index is 0.113. The molecule has 4 N–H and O–H groups in total. The summed E-state index contributed by atoms with van der Waals surface area (Å²) in [6.45, 7) is 4.07. The molecule has 1 aromatic carbocycles. The quantitative estimate of drug-likeness (QED) is 0.716. The van der Waals surface area contributed by atoms with Crippen molar-refractivity contribution in [3.8, 4) is 5.75 Å². The first-order chi connectivity index (χ1) is 9.97. The van der Waals surface area contributed by atoms with Crippen LogP contribution in [0.15, 0.2) is 18.2 Å². The molecule has 116 valence electrons. The topological polar surface area (TPSA) is 93.5 Å². The number of nitrogens with one attached hydrogen (secondary N) is 2. The van der Waals surface area contributed by atoms with Crippen LogP contribution in [0.3, 0.4) is 0 Å². The van der Waals surface area contributed by atoms with Crippen LogP contribution in [-0.4, -0.2) is 25.5 Å². The van der Waals surface area contributed by atoms with Gasteiger partial charge in [-0.15, -0.1) is 0 Å². The predicted octanol–water partition coefficient (Wildman–Crippen LogP) is 1.97. The number of methoxy groups -OCH3 is 1. The molecule has 0 radical (unpaired) electrons. The van der Waals surface area contributed by atoms with Gasteiger partial charge in [0.15, 0.2) is 0 Å². The van der Waals surface area contributed by atoms with Gasteiger partial charge >= 0.3 is 0 Å². The Kier molecular flexibility index (Phi) is 6.68. The van der Waals surface area contributed by atoms with Gasteiger partial charge in [-0.05, 0) is 25.1 Å². The number of hydrogen-bond donors (Lipinski definition) is 3. The Morgan fingerprint density at radius 2 is 1.95 bits per heavy atom. The third-order valence-corrected chi connectivity index (χ3v) is 2.89.